The summed E-state index contributed by atoms with van der Waals surface area (Å²) in [6.45, 7) is -0.0484. The van der Waals surface area contributed by atoms with Gasteiger partial charge in [-0.3, -0.25) is 19.1 Å². The van der Waals surface area contributed by atoms with Crippen LogP contribution in [0.15, 0.2) is 0 Å². The molecule has 0 bridgehead atoms. The lowest BCUT2D eigenvalue weighted by atomic mass is 10.0. The number of aliphatic hydroxyl groups is 4. The number of aldehydes is 1. The van der Waals surface area contributed by atoms with E-state index < -0.39 is 52.6 Å². The van der Waals surface area contributed by atoms with E-state index in [0.29, 0.717) is 0 Å². The molecular weight excluding hydrogens is 382 g/mol. The lowest BCUT2D eigenvalue weighted by Gasteiger charge is -2.23. The fourth-order valence-electron chi connectivity index (χ4n) is 0.950. The van der Waals surface area contributed by atoms with Gasteiger partial charge in [0.1, 0.15) is 24.4 Å². The molecule has 0 aliphatic heterocycles. The Labute approximate surface area is 134 Å². The summed E-state index contributed by atoms with van der Waals surface area (Å²) in [6, 6.07) is 0. The summed E-state index contributed by atoms with van der Waals surface area (Å²) in [5, 5.41) is 36.1. The van der Waals surface area contributed by atoms with E-state index in [9.17, 15) is 18.7 Å². The number of carbonyl (C=O) groups excluding carboxylic acids is 2. The van der Waals surface area contributed by atoms with Crippen molar-refractivity contribution in [3.63, 3.8) is 0 Å². The first-order chi connectivity index (χ1) is 10.6. The normalized spacial score (nSPS) is 16.9. The SMILES string of the molecule is CC(=O)OP(=O)(O)O.O=C[C@H](O)[C@@H](O)[C@H](O)[C@H](O)COP(=O)(O)O. The second-order valence-electron chi connectivity index (χ2n) is 4.03. The molecule has 0 aromatic rings. The number of phosphoric ester groups is 2. The average molecular weight is 400 g/mol. The van der Waals surface area contributed by atoms with Gasteiger partial charge < -0.3 is 39.5 Å². The molecule has 0 unspecified atom stereocenters. The van der Waals surface area contributed by atoms with Crippen molar-refractivity contribution >= 4 is 27.9 Å². The fourth-order valence-corrected chi connectivity index (χ4v) is 1.63. The Morgan fingerprint density at radius 1 is 1.00 bits per heavy atom. The number of aliphatic hydroxyl groups excluding tert-OH is 4. The molecule has 0 rings (SSSR count). The highest BCUT2D eigenvalue weighted by Crippen LogP contribution is 2.36. The Bertz CT molecular complexity index is 481. The van der Waals surface area contributed by atoms with Gasteiger partial charge in [-0.05, 0) is 0 Å². The maximum absolute atomic E-state index is 10.2. The van der Waals surface area contributed by atoms with Crippen molar-refractivity contribution in [1.82, 2.24) is 0 Å². The van der Waals surface area contributed by atoms with E-state index in [4.69, 9.17) is 40.0 Å². The fraction of sp³-hybridized carbons (Fsp3) is 0.750. The Balaban J connectivity index is 0. The summed E-state index contributed by atoms with van der Waals surface area (Å²) in [7, 11) is -9.38. The zero-order valence-electron chi connectivity index (χ0n) is 12.0. The maximum Gasteiger partial charge on any atom is 0.526 e. The summed E-state index contributed by atoms with van der Waals surface area (Å²) >= 11 is 0. The van der Waals surface area contributed by atoms with E-state index in [1.165, 1.54) is 0 Å². The molecule has 144 valence electrons. The standard InChI is InChI=1S/C6H13O9P.C2H5O5P/c7-1-3(8)5(10)6(11)4(9)2-15-16(12,13)14;1-2(3)7-8(4,5)6/h1,3-6,8-11H,2H2,(H2,12,13,14);1H3,(H2,4,5,6)/t3-,4+,5+,6+;/m0./s1. The molecule has 4 atom stereocenters. The van der Waals surface area contributed by atoms with Crippen molar-refractivity contribution in [3.8, 4) is 0 Å². The minimum Gasteiger partial charge on any atom is -0.388 e. The first kappa shape index (κ1) is 25.5. The van der Waals surface area contributed by atoms with Crippen molar-refractivity contribution in [1.29, 1.82) is 0 Å². The number of phosphoric acid groups is 2. The van der Waals surface area contributed by atoms with Gasteiger partial charge in [0.15, 0.2) is 6.29 Å². The van der Waals surface area contributed by atoms with Gasteiger partial charge in [0.25, 0.3) is 0 Å². The van der Waals surface area contributed by atoms with Crippen molar-refractivity contribution in [2.45, 2.75) is 31.3 Å². The molecule has 0 saturated carbocycles. The predicted octanol–water partition coefficient (Wildman–Crippen LogP) is -3.62. The predicted molar refractivity (Wildman–Crippen MR) is 71.9 cm³/mol. The van der Waals surface area contributed by atoms with Gasteiger partial charge in [0.2, 0.25) is 0 Å². The molecular formula is C8H18O14P2. The van der Waals surface area contributed by atoms with Gasteiger partial charge in [-0.1, -0.05) is 0 Å². The summed E-state index contributed by atoms with van der Waals surface area (Å²) in [6.07, 6.45) is -7.80. The number of rotatable bonds is 8. The monoisotopic (exact) mass is 400 g/mol. The largest absolute Gasteiger partial charge is 0.526 e. The van der Waals surface area contributed by atoms with Gasteiger partial charge in [-0.15, -0.1) is 0 Å². The van der Waals surface area contributed by atoms with Crippen molar-refractivity contribution in [2.24, 2.45) is 0 Å². The average Bonchev–Trinajstić information content (AvgIpc) is 2.39. The van der Waals surface area contributed by atoms with E-state index in [1.54, 1.807) is 0 Å². The molecule has 0 amide bonds. The van der Waals surface area contributed by atoms with Crippen LogP contribution in [0, 0.1) is 0 Å². The topological polar surface area (TPSA) is 249 Å². The maximum atomic E-state index is 10.2. The van der Waals surface area contributed by atoms with E-state index in [0.717, 1.165) is 6.92 Å². The summed E-state index contributed by atoms with van der Waals surface area (Å²) < 4.78 is 27.2. The highest BCUT2D eigenvalue weighted by atomic mass is 31.2. The molecule has 0 aliphatic rings. The molecule has 0 aliphatic carbocycles. The van der Waals surface area contributed by atoms with Crippen LogP contribution in [0.3, 0.4) is 0 Å². The molecule has 0 aromatic carbocycles. The van der Waals surface area contributed by atoms with Gasteiger partial charge in [0.05, 0.1) is 6.61 Å². The molecule has 16 heteroatoms. The van der Waals surface area contributed by atoms with Crippen LogP contribution in [0.2, 0.25) is 0 Å². The first-order valence-corrected chi connectivity index (χ1v) is 8.80. The quantitative estimate of drug-likeness (QED) is 0.145. The van der Waals surface area contributed by atoms with Gasteiger partial charge in [0, 0.05) is 6.92 Å². The number of hydrogen-bond acceptors (Lipinski definition) is 10. The van der Waals surface area contributed by atoms with Crippen molar-refractivity contribution in [2.75, 3.05) is 6.61 Å². The molecule has 0 saturated heterocycles. The second kappa shape index (κ2) is 11.0. The number of hydrogen-bond donors (Lipinski definition) is 8. The molecule has 0 spiro atoms. The van der Waals surface area contributed by atoms with Crippen LogP contribution in [0.25, 0.3) is 0 Å². The molecule has 24 heavy (non-hydrogen) atoms. The highest BCUT2D eigenvalue weighted by molar-refractivity contribution is 7.47. The Hall–Kier alpha value is -0.760. The Morgan fingerprint density at radius 3 is 1.71 bits per heavy atom. The Kier molecular flexibility index (Phi) is 11.6. The van der Waals surface area contributed by atoms with Gasteiger partial charge in [-0.25, -0.2) is 9.13 Å². The van der Waals surface area contributed by atoms with Crippen molar-refractivity contribution in [3.05, 3.63) is 0 Å². The summed E-state index contributed by atoms with van der Waals surface area (Å²) in [4.78, 5) is 52.0. The molecule has 0 radical (unpaired) electrons. The molecule has 14 nitrogen and oxygen atoms in total. The van der Waals surface area contributed by atoms with Crippen molar-refractivity contribution < 1.29 is 67.8 Å². The van der Waals surface area contributed by atoms with E-state index in [-0.39, 0.29) is 6.29 Å². The lowest BCUT2D eigenvalue weighted by Crippen LogP contribution is -2.46. The van der Waals surface area contributed by atoms with Gasteiger partial charge in [-0.2, -0.15) is 0 Å². The van der Waals surface area contributed by atoms with Crippen LogP contribution < -0.4 is 0 Å². The zero-order chi connectivity index (χ0) is 19.7. The third kappa shape index (κ3) is 14.8. The summed E-state index contributed by atoms with van der Waals surface area (Å²) in [5.74, 6) is -0.988. The van der Waals surface area contributed by atoms with E-state index in [1.807, 2.05) is 0 Å². The third-order valence-electron chi connectivity index (χ3n) is 1.89. The van der Waals surface area contributed by atoms with Crippen LogP contribution in [-0.4, -0.2) is 83.3 Å². The first-order valence-electron chi connectivity index (χ1n) is 5.74. The second-order valence-corrected chi connectivity index (χ2v) is 6.44. The van der Waals surface area contributed by atoms with Crippen LogP contribution in [0.5, 0.6) is 0 Å². The van der Waals surface area contributed by atoms with E-state index in [2.05, 4.69) is 9.05 Å². The van der Waals surface area contributed by atoms with Gasteiger partial charge >= 0.3 is 21.6 Å². The minimum atomic E-state index is -4.80. The molecule has 0 heterocycles. The van der Waals surface area contributed by atoms with Crippen LogP contribution in [0.4, 0.5) is 0 Å². The molecule has 8 N–H and O–H groups in total. The minimum absolute atomic E-state index is 0.0650. The lowest BCUT2D eigenvalue weighted by molar-refractivity contribution is -0.136. The smallest absolute Gasteiger partial charge is 0.388 e. The molecule has 0 aromatic heterocycles. The van der Waals surface area contributed by atoms with Crippen LogP contribution >= 0.6 is 15.6 Å². The number of carbonyl (C=O) groups is 2. The highest BCUT2D eigenvalue weighted by Gasteiger charge is 2.31. The summed E-state index contributed by atoms with van der Waals surface area (Å²) in [5.41, 5.74) is 0. The Morgan fingerprint density at radius 2 is 1.46 bits per heavy atom. The third-order valence-corrected chi connectivity index (χ3v) is 2.87. The zero-order valence-corrected chi connectivity index (χ0v) is 13.8. The van der Waals surface area contributed by atoms with Crippen LogP contribution in [-0.2, 0) is 27.8 Å². The van der Waals surface area contributed by atoms with E-state index >= 15 is 0 Å². The van der Waals surface area contributed by atoms with Crippen LogP contribution in [0.1, 0.15) is 6.92 Å². The molecule has 0 fully saturated rings.